The van der Waals surface area contributed by atoms with E-state index in [-0.39, 0.29) is 21.1 Å². The first-order chi connectivity index (χ1) is 10.3. The van der Waals surface area contributed by atoms with E-state index in [9.17, 15) is 0 Å². The third-order valence-corrected chi connectivity index (χ3v) is 6.10. The number of rotatable bonds is 4. The second-order valence-electron chi connectivity index (χ2n) is 3.78. The minimum atomic E-state index is -0.258. The van der Waals surface area contributed by atoms with Crippen molar-refractivity contribution in [3.05, 3.63) is 71.8 Å². The SMILES string of the molecule is N=C=S.N=C=S.c1ccc([CH2][Sn][CH2]c2ccccc2)cc1. The van der Waals surface area contributed by atoms with Crippen molar-refractivity contribution in [2.24, 2.45) is 0 Å². The fourth-order valence-corrected chi connectivity index (χ4v) is 4.89. The molecule has 0 bridgehead atoms. The van der Waals surface area contributed by atoms with Gasteiger partial charge in [-0.3, -0.25) is 0 Å². The zero-order valence-electron chi connectivity index (χ0n) is 11.5. The molecule has 106 valence electrons. The Bertz CT molecular complexity index is 496. The van der Waals surface area contributed by atoms with Crippen LogP contribution in [-0.2, 0) is 8.87 Å². The molecule has 5 heteroatoms. The van der Waals surface area contributed by atoms with Gasteiger partial charge >= 0.3 is 102 Å². The average Bonchev–Trinajstić information content (AvgIpc) is 2.51. The van der Waals surface area contributed by atoms with Crippen LogP contribution in [0.3, 0.4) is 0 Å². The van der Waals surface area contributed by atoms with E-state index >= 15 is 0 Å². The monoisotopic (exact) mass is 420 g/mol. The van der Waals surface area contributed by atoms with E-state index in [2.05, 4.69) is 85.1 Å². The molecule has 0 aromatic heterocycles. The summed E-state index contributed by atoms with van der Waals surface area (Å²) in [6, 6.07) is 21.7. The third kappa shape index (κ3) is 12.3. The summed E-state index contributed by atoms with van der Waals surface area (Å²) in [4.78, 5) is 0. The van der Waals surface area contributed by atoms with Crippen molar-refractivity contribution >= 4 is 55.9 Å². The molecule has 0 heterocycles. The molecule has 2 aromatic carbocycles. The molecule has 0 aliphatic rings. The van der Waals surface area contributed by atoms with Crippen molar-refractivity contribution < 1.29 is 0 Å². The molecular weight excluding hydrogens is 403 g/mol. The Labute approximate surface area is 146 Å². The molecule has 0 aliphatic carbocycles. The maximum absolute atomic E-state index is 5.77. The molecule has 0 amide bonds. The molecule has 0 saturated heterocycles. The molecule has 0 atom stereocenters. The van der Waals surface area contributed by atoms with Gasteiger partial charge in [0.2, 0.25) is 0 Å². The summed E-state index contributed by atoms with van der Waals surface area (Å²) < 4.78 is 2.69. The minimum absolute atomic E-state index is 0.258. The Morgan fingerprint density at radius 1 is 0.714 bits per heavy atom. The number of benzene rings is 2. The standard InChI is InChI=1S/2C7H7.2CHNS.Sn/c2*1-7-5-3-2-4-6-7;2*2-1-3;/h2*2-6H,1H2;2*2H;. The van der Waals surface area contributed by atoms with E-state index in [1.807, 2.05) is 0 Å². The molecule has 2 nitrogen and oxygen atoms in total. The molecule has 0 aliphatic heterocycles. The van der Waals surface area contributed by atoms with E-state index < -0.39 is 0 Å². The van der Waals surface area contributed by atoms with E-state index in [1.54, 1.807) is 10.3 Å². The van der Waals surface area contributed by atoms with Crippen molar-refractivity contribution in [2.45, 2.75) is 8.87 Å². The number of hydrogen-bond donors (Lipinski definition) is 2. The molecule has 0 unspecified atom stereocenters. The van der Waals surface area contributed by atoms with Gasteiger partial charge in [-0.05, 0) is 24.4 Å². The van der Waals surface area contributed by atoms with Crippen LogP contribution in [0, 0.1) is 10.8 Å². The van der Waals surface area contributed by atoms with Gasteiger partial charge in [0.15, 0.2) is 0 Å². The van der Waals surface area contributed by atoms with Crippen molar-refractivity contribution in [2.75, 3.05) is 0 Å². The van der Waals surface area contributed by atoms with E-state index in [0.29, 0.717) is 0 Å². The van der Waals surface area contributed by atoms with Crippen molar-refractivity contribution in [1.29, 1.82) is 10.8 Å². The van der Waals surface area contributed by atoms with Gasteiger partial charge in [-0.2, -0.15) is 0 Å². The van der Waals surface area contributed by atoms with Gasteiger partial charge in [0.05, 0.1) is 10.3 Å². The average molecular weight is 419 g/mol. The summed E-state index contributed by atoms with van der Waals surface area (Å²) in [7, 11) is 0. The van der Waals surface area contributed by atoms with E-state index in [1.165, 1.54) is 20.0 Å². The molecule has 0 fully saturated rings. The molecule has 21 heavy (non-hydrogen) atoms. The Kier molecular flexibility index (Phi) is 14.4. The Morgan fingerprint density at radius 3 is 1.29 bits per heavy atom. The van der Waals surface area contributed by atoms with Gasteiger partial charge in [-0.1, -0.05) is 0 Å². The molecule has 2 radical (unpaired) electrons. The molecule has 0 spiro atoms. The van der Waals surface area contributed by atoms with Crippen molar-refractivity contribution in [1.82, 2.24) is 0 Å². The number of hydrogen-bond acceptors (Lipinski definition) is 4. The van der Waals surface area contributed by atoms with Gasteiger partial charge in [-0.15, -0.1) is 0 Å². The van der Waals surface area contributed by atoms with E-state index in [4.69, 9.17) is 10.8 Å². The van der Waals surface area contributed by atoms with Crippen LogP contribution in [0.15, 0.2) is 60.7 Å². The Morgan fingerprint density at radius 2 is 1.00 bits per heavy atom. The summed E-state index contributed by atoms with van der Waals surface area (Å²) in [6.45, 7) is 0. The first-order valence-corrected chi connectivity index (χ1v) is 11.0. The molecule has 0 saturated carbocycles. The van der Waals surface area contributed by atoms with Crippen LogP contribution < -0.4 is 0 Å². The fraction of sp³-hybridized carbons (Fsp3) is 0.125. The summed E-state index contributed by atoms with van der Waals surface area (Å²) in [5.41, 5.74) is 3.03. The topological polar surface area (TPSA) is 47.7 Å². The summed E-state index contributed by atoms with van der Waals surface area (Å²) in [5, 5.41) is 14.7. The van der Waals surface area contributed by atoms with Crippen LogP contribution >= 0.6 is 24.4 Å². The second-order valence-corrected chi connectivity index (χ2v) is 7.63. The Balaban J connectivity index is 0.000000578. The Hall–Kier alpha value is -1.16. The predicted molar refractivity (Wildman–Crippen MR) is 96.7 cm³/mol. The second kappa shape index (κ2) is 15.2. The van der Waals surface area contributed by atoms with Gasteiger partial charge in [-0.25, -0.2) is 10.8 Å². The summed E-state index contributed by atoms with van der Waals surface area (Å²) in [6.07, 6.45) is 0. The van der Waals surface area contributed by atoms with Crippen molar-refractivity contribution in [3.8, 4) is 0 Å². The van der Waals surface area contributed by atoms with Gasteiger partial charge in [0.1, 0.15) is 0 Å². The number of thiocarbonyl (C=S) groups is 2. The predicted octanol–water partition coefficient (Wildman–Crippen LogP) is 4.43. The molecule has 2 N–H and O–H groups in total. The number of isothiocyanates is 2. The third-order valence-electron chi connectivity index (χ3n) is 2.34. The molecular formula is C16H16N2S2Sn. The van der Waals surface area contributed by atoms with Gasteiger partial charge in [0.25, 0.3) is 0 Å². The van der Waals surface area contributed by atoms with Crippen LogP contribution in [0.2, 0.25) is 0 Å². The fourth-order valence-electron chi connectivity index (χ4n) is 1.54. The van der Waals surface area contributed by atoms with Crippen LogP contribution in [0.1, 0.15) is 11.1 Å². The van der Waals surface area contributed by atoms with Crippen LogP contribution in [0.25, 0.3) is 0 Å². The summed E-state index contributed by atoms with van der Waals surface area (Å²) >= 11 is 7.36. The first kappa shape index (κ1) is 19.8. The van der Waals surface area contributed by atoms with E-state index in [0.717, 1.165) is 0 Å². The summed E-state index contributed by atoms with van der Waals surface area (Å²) in [5.74, 6) is 0. The van der Waals surface area contributed by atoms with Crippen molar-refractivity contribution in [3.63, 3.8) is 0 Å². The normalized spacial score (nSPS) is 8.00. The van der Waals surface area contributed by atoms with Crippen LogP contribution in [0.4, 0.5) is 0 Å². The number of nitrogens with one attached hydrogen (secondary N) is 2. The quantitative estimate of drug-likeness (QED) is 0.438. The van der Waals surface area contributed by atoms with Crippen LogP contribution in [0.5, 0.6) is 0 Å². The van der Waals surface area contributed by atoms with Gasteiger partial charge < -0.3 is 0 Å². The zero-order chi connectivity index (χ0) is 15.8. The molecule has 2 aromatic rings. The molecule has 2 rings (SSSR count). The van der Waals surface area contributed by atoms with Gasteiger partial charge in [0, 0.05) is 0 Å². The first-order valence-electron chi connectivity index (χ1n) is 6.14. The zero-order valence-corrected chi connectivity index (χ0v) is 16.0. The van der Waals surface area contributed by atoms with Crippen LogP contribution in [-0.4, -0.2) is 31.5 Å². The maximum atomic E-state index is 5.77.